The van der Waals surface area contributed by atoms with Gasteiger partial charge in [-0.25, -0.2) is 0 Å². The molecule has 0 aliphatic heterocycles. The van der Waals surface area contributed by atoms with E-state index in [2.05, 4.69) is 122 Å². The van der Waals surface area contributed by atoms with Crippen LogP contribution in [0.2, 0.25) is 0 Å². The number of fused-ring (bicyclic) bond motifs is 13. The van der Waals surface area contributed by atoms with Crippen LogP contribution in [0.4, 0.5) is 0 Å². The van der Waals surface area contributed by atoms with Gasteiger partial charge in [-0.3, -0.25) is 0 Å². The van der Waals surface area contributed by atoms with Crippen molar-refractivity contribution in [3.63, 3.8) is 0 Å². The molecule has 0 saturated carbocycles. The zero-order valence-corrected chi connectivity index (χ0v) is 25.7. The van der Waals surface area contributed by atoms with Gasteiger partial charge in [-0.05, 0) is 69.2 Å². The maximum absolute atomic E-state index is 7.02. The third-order valence-corrected chi connectivity index (χ3v) is 10.6. The monoisotopic (exact) mass is 588 g/mol. The van der Waals surface area contributed by atoms with Crippen LogP contribution in [0.15, 0.2) is 93.8 Å². The third-order valence-electron chi connectivity index (χ3n) is 9.42. The lowest BCUT2D eigenvalue weighted by Crippen LogP contribution is -1.97. The average Bonchev–Trinajstić information content (AvgIpc) is 3.82. The van der Waals surface area contributed by atoms with Gasteiger partial charge >= 0.3 is 0 Å². The summed E-state index contributed by atoms with van der Waals surface area (Å²) in [5.41, 5.74) is 18.9. The molecule has 1 aliphatic carbocycles. The zero-order valence-electron chi connectivity index (χ0n) is 24.9. The first-order chi connectivity index (χ1) is 21.4. The molecule has 0 unspecified atom stereocenters. The van der Waals surface area contributed by atoms with E-state index in [4.69, 9.17) is 8.83 Å². The maximum atomic E-state index is 7.02. The summed E-state index contributed by atoms with van der Waals surface area (Å²) >= 11 is 1.80. The van der Waals surface area contributed by atoms with E-state index in [1.807, 2.05) is 0 Å². The van der Waals surface area contributed by atoms with Crippen molar-refractivity contribution in [2.75, 3.05) is 0 Å². The summed E-state index contributed by atoms with van der Waals surface area (Å²) in [6, 6.07) is 31.1. The lowest BCUT2D eigenvalue weighted by atomic mass is 10.1. The Kier molecular flexibility index (Phi) is 4.63. The molecule has 0 radical (unpaired) electrons. The van der Waals surface area contributed by atoms with Crippen LogP contribution in [-0.4, -0.2) is 9.13 Å². The molecule has 5 heterocycles. The van der Waals surface area contributed by atoms with Gasteiger partial charge in [0, 0.05) is 39.0 Å². The number of nitrogens with zero attached hydrogens (tertiary/aromatic N) is 2. The summed E-state index contributed by atoms with van der Waals surface area (Å²) in [4.78, 5) is 0. The van der Waals surface area contributed by atoms with Crippen LogP contribution in [0, 0.1) is 27.7 Å². The molecular weight excluding hydrogens is 561 g/mol. The Morgan fingerprint density at radius 1 is 0.568 bits per heavy atom. The number of rotatable bonds is 2. The van der Waals surface area contributed by atoms with Crippen LogP contribution in [0.3, 0.4) is 0 Å². The Morgan fingerprint density at radius 3 is 1.89 bits per heavy atom. The zero-order chi connectivity index (χ0) is 29.4. The number of hydrogen-bond acceptors (Lipinski definition) is 3. The van der Waals surface area contributed by atoms with Crippen molar-refractivity contribution < 1.29 is 8.83 Å². The predicted molar refractivity (Wildman–Crippen MR) is 182 cm³/mol. The highest BCUT2D eigenvalue weighted by atomic mass is 32.1. The molecule has 1 aliphatic rings. The minimum atomic E-state index is 0.810. The summed E-state index contributed by atoms with van der Waals surface area (Å²) in [6.45, 7) is 8.59. The molecule has 212 valence electrons. The van der Waals surface area contributed by atoms with Gasteiger partial charge < -0.3 is 18.0 Å². The molecule has 0 N–H and O–H groups in total. The quantitative estimate of drug-likeness (QED) is 0.201. The number of aryl methyl sites for hydroxylation is 4. The van der Waals surface area contributed by atoms with Crippen LogP contribution in [0.5, 0.6) is 0 Å². The molecule has 4 aromatic carbocycles. The highest BCUT2D eigenvalue weighted by molar-refractivity contribution is 7.26. The lowest BCUT2D eigenvalue weighted by molar-refractivity contribution is 0.652. The predicted octanol–water partition coefficient (Wildman–Crippen LogP) is 11.1. The molecule has 0 amide bonds. The molecule has 0 bridgehead atoms. The minimum absolute atomic E-state index is 0.810. The maximum Gasteiger partial charge on any atom is 0.200 e. The fourth-order valence-corrected chi connectivity index (χ4v) is 8.62. The van der Waals surface area contributed by atoms with Crippen molar-refractivity contribution in [1.29, 1.82) is 0 Å². The summed E-state index contributed by atoms with van der Waals surface area (Å²) in [6.07, 6.45) is 0.846. The van der Waals surface area contributed by atoms with E-state index in [9.17, 15) is 0 Å². The van der Waals surface area contributed by atoms with Crippen LogP contribution < -0.4 is 0 Å². The summed E-state index contributed by atoms with van der Waals surface area (Å²) in [5, 5.41) is 1.24. The molecule has 5 heteroatoms. The van der Waals surface area contributed by atoms with Crippen molar-refractivity contribution in [3.8, 4) is 22.6 Å². The average molecular weight is 589 g/mol. The Morgan fingerprint density at radius 2 is 1.16 bits per heavy atom. The van der Waals surface area contributed by atoms with Crippen LogP contribution >= 0.6 is 11.3 Å². The van der Waals surface area contributed by atoms with Crippen molar-refractivity contribution in [2.45, 2.75) is 34.1 Å². The first-order valence-electron chi connectivity index (χ1n) is 15.1. The van der Waals surface area contributed by atoms with Crippen molar-refractivity contribution in [1.82, 2.24) is 9.13 Å². The van der Waals surface area contributed by atoms with E-state index in [-0.39, 0.29) is 0 Å². The first kappa shape index (κ1) is 24.4. The topological polar surface area (TPSA) is 36.1 Å². The third kappa shape index (κ3) is 3.07. The van der Waals surface area contributed by atoms with Crippen LogP contribution in [-0.2, 0) is 6.42 Å². The van der Waals surface area contributed by atoms with E-state index < -0.39 is 0 Å². The van der Waals surface area contributed by atoms with Gasteiger partial charge in [-0.15, -0.1) is 11.3 Å². The van der Waals surface area contributed by atoms with Crippen LogP contribution in [0.25, 0.3) is 76.3 Å². The second-order valence-corrected chi connectivity index (χ2v) is 13.6. The molecule has 9 aromatic rings. The highest BCUT2D eigenvalue weighted by Gasteiger charge is 2.35. The largest absolute Gasteiger partial charge is 0.448 e. The summed E-state index contributed by atoms with van der Waals surface area (Å²) in [5.74, 6) is 0. The molecular formula is C39H28N2O2S. The summed E-state index contributed by atoms with van der Waals surface area (Å²) < 4.78 is 21.2. The van der Waals surface area contributed by atoms with Gasteiger partial charge in [-0.1, -0.05) is 71.3 Å². The Bertz CT molecular complexity index is 2650. The Hall–Kier alpha value is -5.00. The normalized spacial score (nSPS) is 12.9. The number of benzene rings is 4. The molecule has 44 heavy (non-hydrogen) atoms. The minimum Gasteiger partial charge on any atom is -0.448 e. The summed E-state index contributed by atoms with van der Waals surface area (Å²) in [7, 11) is 0. The molecule has 4 nitrogen and oxygen atoms in total. The van der Waals surface area contributed by atoms with Gasteiger partial charge in [0.05, 0.1) is 15.9 Å². The SMILES string of the molecule is Cc1ccc(-n2c3c(c4oc5c(oc6c7sc8cc(C)ccc8c7n(-c7ccc(C)cc7)c56)c42)Cc2cc(C)ccc2-3)cc1. The fraction of sp³-hybridized carbons (Fsp3) is 0.128. The number of thiophene rings is 1. The van der Waals surface area contributed by atoms with Crippen molar-refractivity contribution in [3.05, 3.63) is 118 Å². The Labute approximate surface area is 257 Å². The molecule has 10 rings (SSSR count). The van der Waals surface area contributed by atoms with Gasteiger partial charge in [0.1, 0.15) is 11.0 Å². The second kappa shape index (κ2) is 8.34. The van der Waals surface area contributed by atoms with Crippen molar-refractivity contribution >= 4 is 65.0 Å². The smallest absolute Gasteiger partial charge is 0.200 e. The number of aromatic nitrogens is 2. The number of furan rings is 2. The van der Waals surface area contributed by atoms with E-state index in [1.165, 1.54) is 60.2 Å². The van der Waals surface area contributed by atoms with Crippen molar-refractivity contribution in [2.24, 2.45) is 0 Å². The fourth-order valence-electron chi connectivity index (χ4n) is 7.35. The van der Waals surface area contributed by atoms with Gasteiger partial charge in [0.25, 0.3) is 0 Å². The molecule has 0 saturated heterocycles. The van der Waals surface area contributed by atoms with Crippen LogP contribution in [0.1, 0.15) is 33.4 Å². The van der Waals surface area contributed by atoms with Gasteiger partial charge in [0.2, 0.25) is 0 Å². The molecule has 0 atom stereocenters. The molecule has 5 aromatic heterocycles. The Balaban J connectivity index is 1.38. The van der Waals surface area contributed by atoms with Gasteiger partial charge in [0.15, 0.2) is 22.3 Å². The molecule has 0 spiro atoms. The molecule has 0 fully saturated rings. The highest BCUT2D eigenvalue weighted by Crippen LogP contribution is 2.52. The standard InChI is InChI=1S/C39H28N2O2S/c1-20-5-11-25(12-6-20)40-31-27-15-9-22(3)17-24(27)19-29(31)35-33(40)36-37(42-35)34-38(43-36)39-32(28-16-10-23(4)18-30(28)44-39)41(34)26-13-7-21(2)8-14-26/h5-18H,19H2,1-4H3. The van der Waals surface area contributed by atoms with E-state index in [1.54, 1.807) is 11.3 Å². The van der Waals surface area contributed by atoms with E-state index in [0.717, 1.165) is 55.9 Å². The van der Waals surface area contributed by atoms with E-state index >= 15 is 0 Å². The van der Waals surface area contributed by atoms with E-state index in [0.29, 0.717) is 0 Å². The first-order valence-corrected chi connectivity index (χ1v) is 16.0. The lowest BCUT2D eigenvalue weighted by Gasteiger charge is -2.11. The number of hydrogen-bond donors (Lipinski definition) is 0. The van der Waals surface area contributed by atoms with Gasteiger partial charge in [-0.2, -0.15) is 0 Å². The second-order valence-electron chi connectivity index (χ2n) is 12.5.